The van der Waals surface area contributed by atoms with E-state index in [1.807, 2.05) is 24.9 Å². The Morgan fingerprint density at radius 2 is 2.33 bits per heavy atom. The first-order valence-electron chi connectivity index (χ1n) is 6.46. The van der Waals surface area contributed by atoms with Crippen molar-refractivity contribution in [1.29, 1.82) is 0 Å². The van der Waals surface area contributed by atoms with Crippen LogP contribution in [0.25, 0.3) is 0 Å². The summed E-state index contributed by atoms with van der Waals surface area (Å²) in [7, 11) is 1.92. The van der Waals surface area contributed by atoms with Crippen molar-refractivity contribution in [3.8, 4) is 0 Å². The van der Waals surface area contributed by atoms with Crippen LogP contribution in [0.5, 0.6) is 0 Å². The quantitative estimate of drug-likeness (QED) is 0.836. The van der Waals surface area contributed by atoms with E-state index in [-0.39, 0.29) is 12.5 Å². The largest absolute Gasteiger partial charge is 0.481 e. The highest BCUT2D eigenvalue weighted by molar-refractivity contribution is 5.66. The van der Waals surface area contributed by atoms with Gasteiger partial charge >= 0.3 is 5.97 Å². The third-order valence-electron chi connectivity index (χ3n) is 3.60. The Morgan fingerprint density at radius 3 is 2.78 bits per heavy atom. The number of aliphatic carboxylic acids is 1. The summed E-state index contributed by atoms with van der Waals surface area (Å²) in [6, 6.07) is 0.796. The van der Waals surface area contributed by atoms with Crippen LogP contribution >= 0.6 is 0 Å². The van der Waals surface area contributed by atoms with E-state index in [1.54, 1.807) is 0 Å². The fourth-order valence-electron chi connectivity index (χ4n) is 2.53. The van der Waals surface area contributed by atoms with Gasteiger partial charge in [-0.1, -0.05) is 0 Å². The van der Waals surface area contributed by atoms with Gasteiger partial charge in [0, 0.05) is 37.4 Å². The molecule has 0 saturated heterocycles. The molecule has 1 aliphatic rings. The Kier molecular flexibility index (Phi) is 3.71. The number of carboxylic acid groups (broad SMARTS) is 1. The number of carbonyl (C=O) groups is 1. The Hall–Kier alpha value is -1.36. The van der Waals surface area contributed by atoms with Crippen LogP contribution in [0.3, 0.4) is 0 Å². The van der Waals surface area contributed by atoms with Crippen molar-refractivity contribution in [1.82, 2.24) is 14.7 Å². The van der Waals surface area contributed by atoms with Gasteiger partial charge in [0.2, 0.25) is 0 Å². The summed E-state index contributed by atoms with van der Waals surface area (Å²) in [6.45, 7) is 4.77. The maximum absolute atomic E-state index is 10.7. The van der Waals surface area contributed by atoms with Gasteiger partial charge in [-0.3, -0.25) is 14.4 Å². The Bertz CT molecular complexity index is 437. The predicted molar refractivity (Wildman–Crippen MR) is 68.3 cm³/mol. The fraction of sp³-hybridized carbons (Fsp3) is 0.692. The summed E-state index contributed by atoms with van der Waals surface area (Å²) < 4.78 is 1.82. The molecule has 1 heterocycles. The van der Waals surface area contributed by atoms with Crippen molar-refractivity contribution >= 4 is 5.97 Å². The first-order valence-corrected chi connectivity index (χ1v) is 6.46. The lowest BCUT2D eigenvalue weighted by atomic mass is 10.1. The molecule has 2 rings (SSSR count). The first-order chi connectivity index (χ1) is 8.49. The summed E-state index contributed by atoms with van der Waals surface area (Å²) in [6.07, 6.45) is 4.61. The lowest BCUT2D eigenvalue weighted by Gasteiger charge is -2.28. The molecule has 1 aromatic heterocycles. The molecule has 5 heteroatoms. The van der Waals surface area contributed by atoms with Gasteiger partial charge in [-0.25, -0.2) is 0 Å². The van der Waals surface area contributed by atoms with Gasteiger partial charge in [0.25, 0.3) is 0 Å². The normalized spacial score (nSPS) is 17.1. The molecule has 100 valence electrons. The van der Waals surface area contributed by atoms with Crippen LogP contribution in [0.15, 0.2) is 6.20 Å². The smallest absolute Gasteiger partial charge is 0.304 e. The minimum absolute atomic E-state index is 0.208. The average molecular weight is 251 g/mol. The molecule has 18 heavy (non-hydrogen) atoms. The molecular formula is C13H21N3O2. The number of aryl methyl sites for hydroxylation is 2. The Balaban J connectivity index is 2.10. The molecule has 1 aliphatic carbocycles. The van der Waals surface area contributed by atoms with Gasteiger partial charge in [-0.05, 0) is 26.7 Å². The van der Waals surface area contributed by atoms with Crippen molar-refractivity contribution < 1.29 is 9.90 Å². The monoisotopic (exact) mass is 251 g/mol. The van der Waals surface area contributed by atoms with Crippen LogP contribution in [0, 0.1) is 6.92 Å². The highest BCUT2D eigenvalue weighted by Crippen LogP contribution is 2.35. The van der Waals surface area contributed by atoms with Crippen LogP contribution in [0.2, 0.25) is 0 Å². The highest BCUT2D eigenvalue weighted by Gasteiger charge is 2.33. The first kappa shape index (κ1) is 13.1. The molecule has 1 fully saturated rings. The zero-order valence-corrected chi connectivity index (χ0v) is 11.3. The van der Waals surface area contributed by atoms with Crippen LogP contribution in [-0.2, 0) is 11.8 Å². The molecule has 0 bridgehead atoms. The van der Waals surface area contributed by atoms with Crippen molar-refractivity contribution in [2.45, 2.75) is 45.2 Å². The summed E-state index contributed by atoms with van der Waals surface area (Å²) in [5.74, 6) is -0.726. The van der Waals surface area contributed by atoms with E-state index in [2.05, 4.69) is 16.9 Å². The van der Waals surface area contributed by atoms with Crippen LogP contribution in [-0.4, -0.2) is 38.3 Å². The van der Waals surface area contributed by atoms with E-state index in [9.17, 15) is 4.79 Å². The fourth-order valence-corrected chi connectivity index (χ4v) is 2.53. The number of aromatic nitrogens is 2. The molecule has 0 aromatic carbocycles. The predicted octanol–water partition coefficient (Wildman–Crippen LogP) is 1.73. The van der Waals surface area contributed by atoms with Gasteiger partial charge in [0.05, 0.1) is 12.1 Å². The second-order valence-corrected chi connectivity index (χ2v) is 5.13. The number of rotatable bonds is 6. The zero-order valence-electron chi connectivity index (χ0n) is 11.3. The van der Waals surface area contributed by atoms with Gasteiger partial charge in [0.15, 0.2) is 0 Å². The van der Waals surface area contributed by atoms with Gasteiger partial charge in [0.1, 0.15) is 0 Å². The van der Waals surface area contributed by atoms with Crippen LogP contribution in [0.4, 0.5) is 0 Å². The third-order valence-corrected chi connectivity index (χ3v) is 3.60. The molecule has 0 radical (unpaired) electrons. The van der Waals surface area contributed by atoms with Gasteiger partial charge in [-0.2, -0.15) is 5.10 Å². The van der Waals surface area contributed by atoms with Gasteiger partial charge < -0.3 is 5.11 Å². The maximum atomic E-state index is 10.7. The summed E-state index contributed by atoms with van der Waals surface area (Å²) in [4.78, 5) is 13.0. The van der Waals surface area contributed by atoms with Gasteiger partial charge in [-0.15, -0.1) is 0 Å². The maximum Gasteiger partial charge on any atom is 0.304 e. The standard InChI is InChI=1S/C13H21N3O2/c1-9-12(8-15(3)14-9)10(2)16(11-4-5-11)7-6-13(17)18/h8,10-11H,4-7H2,1-3H3,(H,17,18). The number of hydrogen-bond acceptors (Lipinski definition) is 3. The second kappa shape index (κ2) is 5.10. The molecule has 0 amide bonds. The molecule has 0 spiro atoms. The van der Waals surface area contributed by atoms with E-state index in [4.69, 9.17) is 5.11 Å². The Morgan fingerprint density at radius 1 is 1.67 bits per heavy atom. The molecule has 5 nitrogen and oxygen atoms in total. The van der Waals surface area contributed by atoms with Crippen molar-refractivity contribution in [3.63, 3.8) is 0 Å². The number of nitrogens with zero attached hydrogens (tertiary/aromatic N) is 3. The summed E-state index contributed by atoms with van der Waals surface area (Å²) >= 11 is 0. The van der Waals surface area contributed by atoms with Crippen molar-refractivity contribution in [3.05, 3.63) is 17.5 Å². The van der Waals surface area contributed by atoms with E-state index in [0.29, 0.717) is 12.6 Å². The third kappa shape index (κ3) is 2.90. The SMILES string of the molecule is Cc1nn(C)cc1C(C)N(CCC(=O)O)C1CC1. The lowest BCUT2D eigenvalue weighted by molar-refractivity contribution is -0.137. The van der Waals surface area contributed by atoms with Crippen molar-refractivity contribution in [2.24, 2.45) is 7.05 Å². The lowest BCUT2D eigenvalue weighted by Crippen LogP contribution is -2.31. The minimum atomic E-state index is -0.726. The molecule has 1 N–H and O–H groups in total. The van der Waals surface area contributed by atoms with Crippen molar-refractivity contribution in [2.75, 3.05) is 6.54 Å². The molecular weight excluding hydrogens is 230 g/mol. The van der Waals surface area contributed by atoms with E-state index in [1.165, 1.54) is 18.4 Å². The topological polar surface area (TPSA) is 58.4 Å². The van der Waals surface area contributed by atoms with E-state index >= 15 is 0 Å². The number of hydrogen-bond donors (Lipinski definition) is 1. The Labute approximate surface area is 107 Å². The molecule has 1 atom stereocenters. The highest BCUT2D eigenvalue weighted by atomic mass is 16.4. The van der Waals surface area contributed by atoms with Crippen LogP contribution < -0.4 is 0 Å². The molecule has 0 aliphatic heterocycles. The average Bonchev–Trinajstić information content (AvgIpc) is 3.04. The second-order valence-electron chi connectivity index (χ2n) is 5.13. The van der Waals surface area contributed by atoms with E-state index in [0.717, 1.165) is 5.69 Å². The zero-order chi connectivity index (χ0) is 13.3. The molecule has 1 saturated carbocycles. The minimum Gasteiger partial charge on any atom is -0.481 e. The molecule has 1 aromatic rings. The summed E-state index contributed by atoms with van der Waals surface area (Å²) in [5.41, 5.74) is 2.24. The van der Waals surface area contributed by atoms with Crippen LogP contribution in [0.1, 0.15) is 43.5 Å². The van der Waals surface area contributed by atoms with E-state index < -0.39 is 5.97 Å². The number of carboxylic acids is 1. The summed E-state index contributed by atoms with van der Waals surface area (Å²) in [5, 5.41) is 13.2. The molecule has 1 unspecified atom stereocenters.